The summed E-state index contributed by atoms with van der Waals surface area (Å²) in [6.45, 7) is 12.8. The molecule has 5 aliphatic carbocycles. The molecule has 0 saturated heterocycles. The van der Waals surface area contributed by atoms with Gasteiger partial charge in [-0.1, -0.05) is 59.2 Å². The van der Waals surface area contributed by atoms with Crippen LogP contribution in [0.25, 0.3) is 5.57 Å². The molecule has 254 valence electrons. The predicted octanol–water partition coefficient (Wildman–Crippen LogP) is 10.2. The van der Waals surface area contributed by atoms with E-state index in [0.29, 0.717) is 29.2 Å². The number of carboxylic acids is 1. The normalized spacial score (nSPS) is 39.2. The van der Waals surface area contributed by atoms with E-state index in [-0.39, 0.29) is 39.4 Å². The topological polar surface area (TPSA) is 62.2 Å². The molecule has 5 aliphatic rings. The number of rotatable bonds is 5. The van der Waals surface area contributed by atoms with Gasteiger partial charge in [0.25, 0.3) is 0 Å². The van der Waals surface area contributed by atoms with E-state index in [0.717, 1.165) is 50.2 Å². The fraction of sp³-hybridized carbons (Fsp3) is 0.650. The van der Waals surface area contributed by atoms with E-state index in [1.165, 1.54) is 43.5 Å². The van der Waals surface area contributed by atoms with Gasteiger partial charge >= 0.3 is 12.1 Å². The Kier molecular flexibility index (Phi) is 7.63. The predicted molar refractivity (Wildman–Crippen MR) is 178 cm³/mol. The fourth-order valence-electron chi connectivity index (χ4n) is 12.9. The van der Waals surface area contributed by atoms with Crippen LogP contribution in [0.1, 0.15) is 126 Å². The molecule has 2 aromatic rings. The summed E-state index contributed by atoms with van der Waals surface area (Å²) in [4.78, 5) is 15.7. The van der Waals surface area contributed by atoms with Gasteiger partial charge in [-0.05, 0) is 139 Å². The van der Waals surface area contributed by atoms with Crippen molar-refractivity contribution in [1.29, 1.82) is 0 Å². The Labute approximate surface area is 278 Å². The lowest BCUT2D eigenvalue weighted by molar-refractivity contribution is -0.217. The van der Waals surface area contributed by atoms with Crippen LogP contribution in [0.5, 0.6) is 0 Å². The molecule has 0 aliphatic heterocycles. The van der Waals surface area contributed by atoms with E-state index < -0.39 is 17.7 Å². The second-order valence-corrected chi connectivity index (χ2v) is 17.1. The van der Waals surface area contributed by atoms with Gasteiger partial charge in [-0.25, -0.2) is 4.79 Å². The Hall–Kier alpha value is -2.67. The monoisotopic (exact) mass is 648 g/mol. The van der Waals surface area contributed by atoms with E-state index in [1.54, 1.807) is 12.1 Å². The van der Waals surface area contributed by atoms with Gasteiger partial charge in [0, 0.05) is 18.3 Å². The molecular formula is C40H51F3N2O2. The van der Waals surface area contributed by atoms with Crippen molar-refractivity contribution in [2.24, 2.45) is 45.3 Å². The van der Waals surface area contributed by atoms with Gasteiger partial charge in [0.15, 0.2) is 0 Å². The van der Waals surface area contributed by atoms with Crippen molar-refractivity contribution in [3.63, 3.8) is 0 Å². The summed E-state index contributed by atoms with van der Waals surface area (Å²) in [6.07, 6.45) is 10.8. The highest BCUT2D eigenvalue weighted by atomic mass is 19.4. The molecule has 1 aromatic carbocycles. The number of allylic oxidation sites excluding steroid dienone is 2. The van der Waals surface area contributed by atoms with Crippen LogP contribution in [0.3, 0.4) is 0 Å². The number of aromatic carboxylic acids is 1. The van der Waals surface area contributed by atoms with Crippen molar-refractivity contribution >= 4 is 11.5 Å². The standard InChI is InChI=1S/C40H51F3N2O2/c1-35(2)27(25-10-12-26(13-11-25)34(46)47)16-19-36(3)32(35)17-20-38(5)33(36)15-14-28-29-8-6-18-39(29,22-21-37(28,38)4)45-24-31-30(40(41,42)43)9-7-23-44-31/h7,9-13,16,23,28-29,32-33,45H,6,8,14-15,17-22,24H2,1-5H3,(H,46,47)/t28-,29?,32?,33?,36+,37-,38-,39+/m1/s1. The van der Waals surface area contributed by atoms with Gasteiger partial charge in [0.05, 0.1) is 16.8 Å². The fourth-order valence-corrected chi connectivity index (χ4v) is 12.9. The van der Waals surface area contributed by atoms with E-state index in [2.05, 4.69) is 51.0 Å². The van der Waals surface area contributed by atoms with Gasteiger partial charge in [-0.3, -0.25) is 4.98 Å². The van der Waals surface area contributed by atoms with Crippen LogP contribution in [0.2, 0.25) is 0 Å². The second kappa shape index (κ2) is 10.9. The van der Waals surface area contributed by atoms with Crippen LogP contribution in [0, 0.1) is 45.3 Å². The molecule has 47 heavy (non-hydrogen) atoms. The molecule has 0 radical (unpaired) electrons. The molecular weight excluding hydrogens is 597 g/mol. The van der Waals surface area contributed by atoms with Crippen molar-refractivity contribution in [2.45, 2.75) is 117 Å². The van der Waals surface area contributed by atoms with Crippen molar-refractivity contribution in [3.8, 4) is 0 Å². The zero-order valence-electron chi connectivity index (χ0n) is 28.6. The number of aromatic nitrogens is 1. The number of halogens is 3. The smallest absolute Gasteiger partial charge is 0.418 e. The molecule has 8 atom stereocenters. The van der Waals surface area contributed by atoms with Crippen LogP contribution in [-0.2, 0) is 12.7 Å². The Bertz CT molecular complexity index is 1580. The first-order chi connectivity index (χ1) is 22.1. The lowest BCUT2D eigenvalue weighted by atomic mass is 9.33. The zero-order valence-corrected chi connectivity index (χ0v) is 28.6. The Morgan fingerprint density at radius 3 is 2.34 bits per heavy atom. The minimum atomic E-state index is -4.40. The summed E-state index contributed by atoms with van der Waals surface area (Å²) in [6, 6.07) is 9.97. The summed E-state index contributed by atoms with van der Waals surface area (Å²) in [5.41, 5.74) is 2.70. The number of fused-ring (bicyclic) bond motifs is 7. The van der Waals surface area contributed by atoms with Gasteiger partial charge in [0.1, 0.15) is 0 Å². The molecule has 4 saturated carbocycles. The summed E-state index contributed by atoms with van der Waals surface area (Å²) < 4.78 is 41.4. The van der Waals surface area contributed by atoms with E-state index in [4.69, 9.17) is 0 Å². The maximum Gasteiger partial charge on any atom is 0.418 e. The van der Waals surface area contributed by atoms with Crippen molar-refractivity contribution in [3.05, 3.63) is 71.1 Å². The number of nitrogens with zero attached hydrogens (tertiary/aromatic N) is 1. The maximum atomic E-state index is 13.8. The summed E-state index contributed by atoms with van der Waals surface area (Å²) in [5.74, 6) is 1.28. The third-order valence-electron chi connectivity index (χ3n) is 15.2. The third kappa shape index (κ3) is 4.79. The van der Waals surface area contributed by atoms with Crippen LogP contribution in [0.4, 0.5) is 13.2 Å². The average Bonchev–Trinajstić information content (AvgIpc) is 3.44. The third-order valence-corrected chi connectivity index (χ3v) is 15.2. The van der Waals surface area contributed by atoms with Crippen molar-refractivity contribution in [1.82, 2.24) is 10.3 Å². The van der Waals surface area contributed by atoms with Gasteiger partial charge < -0.3 is 10.4 Å². The maximum absolute atomic E-state index is 13.8. The minimum Gasteiger partial charge on any atom is -0.478 e. The number of pyridine rings is 1. The average molecular weight is 649 g/mol. The van der Waals surface area contributed by atoms with Gasteiger partial charge in [0.2, 0.25) is 0 Å². The molecule has 0 bridgehead atoms. The number of hydrogen-bond acceptors (Lipinski definition) is 3. The van der Waals surface area contributed by atoms with Crippen LogP contribution in [-0.4, -0.2) is 21.6 Å². The SMILES string of the molecule is CC1(C)C(c2ccc(C(=O)O)cc2)=CC[C@@]2(C)C1CC[C@]1(C)C2CC[C@@H]2C3CCC[C@]3(NCc3ncccc3C(F)(F)F)CC[C@]21C. The molecule has 4 fully saturated rings. The number of nitrogens with one attached hydrogen (secondary N) is 1. The Morgan fingerprint density at radius 1 is 0.894 bits per heavy atom. The highest BCUT2D eigenvalue weighted by molar-refractivity contribution is 5.88. The molecule has 1 aromatic heterocycles. The molecule has 4 nitrogen and oxygen atoms in total. The molecule has 7 rings (SSSR count). The van der Waals surface area contributed by atoms with Crippen molar-refractivity contribution in [2.75, 3.05) is 0 Å². The molecule has 1 heterocycles. The number of benzene rings is 1. The van der Waals surface area contributed by atoms with Crippen LogP contribution in [0.15, 0.2) is 48.7 Å². The molecule has 0 amide bonds. The largest absolute Gasteiger partial charge is 0.478 e. The number of carbonyl (C=O) groups is 1. The molecule has 3 unspecified atom stereocenters. The number of hydrogen-bond donors (Lipinski definition) is 2. The lowest BCUT2D eigenvalue weighted by Crippen LogP contribution is -2.67. The molecule has 2 N–H and O–H groups in total. The highest BCUT2D eigenvalue weighted by Crippen LogP contribution is 2.76. The summed E-state index contributed by atoms with van der Waals surface area (Å²) in [7, 11) is 0. The van der Waals surface area contributed by atoms with Gasteiger partial charge in [-0.15, -0.1) is 0 Å². The first-order valence-corrected chi connectivity index (χ1v) is 17.9. The first kappa shape index (κ1) is 32.9. The minimum absolute atomic E-state index is 0.0331. The van der Waals surface area contributed by atoms with Crippen LogP contribution >= 0.6 is 0 Å². The van der Waals surface area contributed by atoms with E-state index in [9.17, 15) is 23.1 Å². The highest BCUT2D eigenvalue weighted by Gasteiger charge is 2.69. The second-order valence-electron chi connectivity index (χ2n) is 17.1. The van der Waals surface area contributed by atoms with E-state index in [1.807, 2.05) is 12.1 Å². The van der Waals surface area contributed by atoms with Crippen molar-refractivity contribution < 1.29 is 23.1 Å². The Balaban J connectivity index is 1.16. The summed E-state index contributed by atoms with van der Waals surface area (Å²) in [5, 5.41) is 13.2. The van der Waals surface area contributed by atoms with Gasteiger partial charge in [-0.2, -0.15) is 13.2 Å². The summed E-state index contributed by atoms with van der Waals surface area (Å²) >= 11 is 0. The number of carboxylic acid groups (broad SMARTS) is 1. The molecule has 0 spiro atoms. The molecule has 7 heteroatoms. The zero-order chi connectivity index (χ0) is 33.6. The quantitative estimate of drug-likeness (QED) is 0.339. The Morgan fingerprint density at radius 2 is 1.64 bits per heavy atom. The lowest BCUT2D eigenvalue weighted by Gasteiger charge is -2.72. The van der Waals surface area contributed by atoms with E-state index >= 15 is 0 Å². The van der Waals surface area contributed by atoms with Crippen LogP contribution < -0.4 is 5.32 Å². The number of alkyl halides is 3. The first-order valence-electron chi connectivity index (χ1n) is 17.9.